The van der Waals surface area contributed by atoms with Crippen molar-refractivity contribution >= 4 is 22.5 Å². The van der Waals surface area contributed by atoms with Crippen LogP contribution >= 0.6 is 11.3 Å². The van der Waals surface area contributed by atoms with Gasteiger partial charge in [-0.3, -0.25) is 4.90 Å². The van der Waals surface area contributed by atoms with Crippen molar-refractivity contribution in [3.05, 3.63) is 47.0 Å². The molecule has 0 unspecified atom stereocenters. The minimum atomic E-state index is -0.817. The maximum absolute atomic E-state index is 13.4. The summed E-state index contributed by atoms with van der Waals surface area (Å²) in [6.07, 6.45) is 3.51. The third-order valence-corrected chi connectivity index (χ3v) is 6.39. The molecule has 0 atom stereocenters. The number of carbonyl (C=O) groups excluding carboxylic acids is 1. The Balaban J connectivity index is 1.19. The summed E-state index contributed by atoms with van der Waals surface area (Å²) in [5.41, 5.74) is 0.768. The first-order valence-corrected chi connectivity index (χ1v) is 10.8. The first-order chi connectivity index (χ1) is 14.1. The molecular formula is C20H25F2N5OS. The standard InChI is InChI=1S/C20H25F2N5OS/c21-17-2-1-15(13-18(17)22)14-25-6-3-16(4-7-25)24-19(28)26-8-10-27(11-9-26)20-23-5-12-29-20/h1-2,5,12-13,16H,3-4,6-11,14H2,(H,24,28). The van der Waals surface area contributed by atoms with E-state index in [1.165, 1.54) is 12.1 Å². The SMILES string of the molecule is O=C(NC1CCN(Cc2ccc(F)c(F)c2)CC1)N1CCN(c2nccs2)CC1. The molecule has 0 radical (unpaired) electrons. The number of nitrogens with zero attached hydrogens (tertiary/aromatic N) is 4. The number of amides is 2. The van der Waals surface area contributed by atoms with Gasteiger partial charge in [0.15, 0.2) is 16.8 Å². The van der Waals surface area contributed by atoms with E-state index >= 15 is 0 Å². The smallest absolute Gasteiger partial charge is 0.317 e. The predicted molar refractivity (Wildman–Crippen MR) is 109 cm³/mol. The normalized spacial score (nSPS) is 18.8. The third kappa shape index (κ3) is 5.02. The minimum Gasteiger partial charge on any atom is -0.345 e. The quantitative estimate of drug-likeness (QED) is 0.825. The molecule has 6 nitrogen and oxygen atoms in total. The van der Waals surface area contributed by atoms with E-state index in [1.54, 1.807) is 23.6 Å². The lowest BCUT2D eigenvalue weighted by molar-refractivity contribution is 0.167. The van der Waals surface area contributed by atoms with Crippen molar-refractivity contribution in [3.8, 4) is 0 Å². The van der Waals surface area contributed by atoms with Gasteiger partial charge in [-0.15, -0.1) is 11.3 Å². The molecule has 156 valence electrons. The van der Waals surface area contributed by atoms with Gasteiger partial charge in [-0.2, -0.15) is 0 Å². The van der Waals surface area contributed by atoms with Crippen LogP contribution in [0.1, 0.15) is 18.4 Å². The lowest BCUT2D eigenvalue weighted by atomic mass is 10.0. The zero-order valence-corrected chi connectivity index (χ0v) is 17.0. The zero-order valence-electron chi connectivity index (χ0n) is 16.2. The van der Waals surface area contributed by atoms with Gasteiger partial charge in [0.2, 0.25) is 0 Å². The van der Waals surface area contributed by atoms with Crippen LogP contribution in [0.4, 0.5) is 18.7 Å². The lowest BCUT2D eigenvalue weighted by Gasteiger charge is -2.37. The van der Waals surface area contributed by atoms with Gasteiger partial charge in [-0.05, 0) is 30.5 Å². The number of piperidine rings is 1. The molecule has 9 heteroatoms. The molecule has 1 aromatic carbocycles. The molecule has 2 amide bonds. The summed E-state index contributed by atoms with van der Waals surface area (Å²) in [5.74, 6) is -1.62. The summed E-state index contributed by atoms with van der Waals surface area (Å²) in [4.78, 5) is 23.2. The number of hydrogen-bond donors (Lipinski definition) is 1. The summed E-state index contributed by atoms with van der Waals surface area (Å²) < 4.78 is 26.4. The molecule has 2 aromatic rings. The fourth-order valence-corrected chi connectivity index (χ4v) is 4.57. The fourth-order valence-electron chi connectivity index (χ4n) is 3.87. The number of anilines is 1. The first-order valence-electron chi connectivity index (χ1n) is 9.94. The van der Waals surface area contributed by atoms with Crippen LogP contribution in [-0.4, -0.2) is 66.1 Å². The number of carbonyl (C=O) groups is 1. The Hall–Kier alpha value is -2.26. The third-order valence-electron chi connectivity index (χ3n) is 5.56. The highest BCUT2D eigenvalue weighted by Gasteiger charge is 2.26. The van der Waals surface area contributed by atoms with Crippen molar-refractivity contribution in [2.24, 2.45) is 0 Å². The van der Waals surface area contributed by atoms with Crippen LogP contribution in [0.5, 0.6) is 0 Å². The van der Waals surface area contributed by atoms with E-state index in [0.29, 0.717) is 19.6 Å². The van der Waals surface area contributed by atoms with Crippen molar-refractivity contribution in [1.29, 1.82) is 0 Å². The van der Waals surface area contributed by atoms with Gasteiger partial charge in [-0.25, -0.2) is 18.6 Å². The number of rotatable bonds is 4. The number of aromatic nitrogens is 1. The molecule has 1 aromatic heterocycles. The maximum Gasteiger partial charge on any atom is 0.317 e. The van der Waals surface area contributed by atoms with Crippen molar-refractivity contribution in [2.45, 2.75) is 25.4 Å². The van der Waals surface area contributed by atoms with Crippen LogP contribution < -0.4 is 10.2 Å². The second-order valence-corrected chi connectivity index (χ2v) is 8.41. The average Bonchev–Trinajstić information content (AvgIpc) is 3.27. The maximum atomic E-state index is 13.4. The minimum absolute atomic E-state index is 0.00263. The number of nitrogens with one attached hydrogen (secondary N) is 1. The van der Waals surface area contributed by atoms with Gasteiger partial charge in [0, 0.05) is 63.4 Å². The number of halogens is 2. The van der Waals surface area contributed by atoms with Gasteiger partial charge >= 0.3 is 6.03 Å². The van der Waals surface area contributed by atoms with Crippen molar-refractivity contribution < 1.29 is 13.6 Å². The fraction of sp³-hybridized carbons (Fsp3) is 0.500. The van der Waals surface area contributed by atoms with E-state index in [1.807, 2.05) is 10.3 Å². The molecule has 2 saturated heterocycles. The highest BCUT2D eigenvalue weighted by molar-refractivity contribution is 7.13. The molecule has 3 heterocycles. The zero-order chi connectivity index (χ0) is 20.2. The van der Waals surface area contributed by atoms with Crippen LogP contribution in [0.3, 0.4) is 0 Å². The van der Waals surface area contributed by atoms with Gasteiger partial charge in [0.1, 0.15) is 0 Å². The molecule has 29 heavy (non-hydrogen) atoms. The monoisotopic (exact) mass is 421 g/mol. The Labute approximate surface area is 173 Å². The van der Waals surface area contributed by atoms with Gasteiger partial charge < -0.3 is 15.1 Å². The average molecular weight is 422 g/mol. The van der Waals surface area contributed by atoms with Gasteiger partial charge in [0.25, 0.3) is 0 Å². The van der Waals surface area contributed by atoms with E-state index in [-0.39, 0.29) is 12.1 Å². The summed E-state index contributed by atoms with van der Waals surface area (Å²) >= 11 is 1.62. The lowest BCUT2D eigenvalue weighted by Crippen LogP contribution is -2.54. The Morgan fingerprint density at radius 2 is 1.86 bits per heavy atom. The summed E-state index contributed by atoms with van der Waals surface area (Å²) in [5, 5.41) is 6.14. The Bertz CT molecular complexity index is 818. The number of thiazole rings is 1. The molecule has 0 aliphatic carbocycles. The molecule has 2 fully saturated rings. The van der Waals surface area contributed by atoms with E-state index in [4.69, 9.17) is 0 Å². The van der Waals surface area contributed by atoms with Crippen LogP contribution in [0.15, 0.2) is 29.8 Å². The van der Waals surface area contributed by atoms with E-state index in [2.05, 4.69) is 20.1 Å². The van der Waals surface area contributed by atoms with E-state index in [0.717, 1.165) is 49.7 Å². The molecule has 2 aliphatic heterocycles. The summed E-state index contributed by atoms with van der Waals surface area (Å²) in [6, 6.07) is 4.21. The number of likely N-dealkylation sites (tertiary alicyclic amines) is 1. The Kier molecular flexibility index (Phi) is 6.25. The van der Waals surface area contributed by atoms with Crippen LogP contribution in [0.25, 0.3) is 0 Å². The number of piperazine rings is 1. The largest absolute Gasteiger partial charge is 0.345 e. The molecule has 0 saturated carbocycles. The summed E-state index contributed by atoms with van der Waals surface area (Å²) in [6.45, 7) is 5.22. The summed E-state index contributed by atoms with van der Waals surface area (Å²) in [7, 11) is 0. The molecule has 1 N–H and O–H groups in total. The molecule has 0 bridgehead atoms. The second-order valence-electron chi connectivity index (χ2n) is 7.54. The molecular weight excluding hydrogens is 396 g/mol. The van der Waals surface area contributed by atoms with Crippen molar-refractivity contribution in [1.82, 2.24) is 20.1 Å². The van der Waals surface area contributed by atoms with E-state index < -0.39 is 11.6 Å². The van der Waals surface area contributed by atoms with Crippen LogP contribution in [0, 0.1) is 11.6 Å². The highest BCUT2D eigenvalue weighted by Crippen LogP contribution is 2.19. The molecule has 0 spiro atoms. The Morgan fingerprint density at radius 1 is 1.10 bits per heavy atom. The molecule has 4 rings (SSSR count). The van der Waals surface area contributed by atoms with E-state index in [9.17, 15) is 13.6 Å². The van der Waals surface area contributed by atoms with Gasteiger partial charge in [0.05, 0.1) is 0 Å². The van der Waals surface area contributed by atoms with Crippen molar-refractivity contribution in [3.63, 3.8) is 0 Å². The topological polar surface area (TPSA) is 51.7 Å². The van der Waals surface area contributed by atoms with Crippen LogP contribution in [-0.2, 0) is 6.54 Å². The second kappa shape index (κ2) is 9.04. The van der Waals surface area contributed by atoms with Crippen molar-refractivity contribution in [2.75, 3.05) is 44.2 Å². The molecule has 2 aliphatic rings. The predicted octanol–water partition coefficient (Wildman–Crippen LogP) is 2.92. The first kappa shape index (κ1) is 20.0. The number of benzene rings is 1. The number of hydrogen-bond acceptors (Lipinski definition) is 5. The number of urea groups is 1. The van der Waals surface area contributed by atoms with Crippen LogP contribution in [0.2, 0.25) is 0 Å². The highest BCUT2D eigenvalue weighted by atomic mass is 32.1. The van der Waals surface area contributed by atoms with Gasteiger partial charge in [-0.1, -0.05) is 6.07 Å². The Morgan fingerprint density at radius 3 is 2.52 bits per heavy atom.